The summed E-state index contributed by atoms with van der Waals surface area (Å²) in [5, 5.41) is 10.8. The van der Waals surface area contributed by atoms with Gasteiger partial charge in [-0.1, -0.05) is 29.8 Å². The molecule has 0 unspecified atom stereocenters. The average molecular weight is 393 g/mol. The van der Waals surface area contributed by atoms with Gasteiger partial charge in [0.05, 0.1) is 16.2 Å². The third-order valence-electron chi connectivity index (χ3n) is 4.68. The molecule has 0 bridgehead atoms. The number of aromatic nitrogens is 3. The van der Waals surface area contributed by atoms with E-state index in [1.54, 1.807) is 36.9 Å². The second kappa shape index (κ2) is 6.98. The summed E-state index contributed by atoms with van der Waals surface area (Å²) in [6, 6.07) is 14.7. The van der Waals surface area contributed by atoms with Crippen molar-refractivity contribution in [1.82, 2.24) is 20.1 Å². The first-order chi connectivity index (χ1) is 13.5. The molecule has 4 aromatic rings. The van der Waals surface area contributed by atoms with Crippen LogP contribution in [0.3, 0.4) is 0 Å². The molecule has 0 fully saturated rings. The molecule has 2 aromatic heterocycles. The fourth-order valence-corrected chi connectivity index (χ4v) is 3.46. The number of aryl methyl sites for hydroxylation is 1. The summed E-state index contributed by atoms with van der Waals surface area (Å²) < 4.78 is 1.57. The van der Waals surface area contributed by atoms with Gasteiger partial charge in [-0.25, -0.2) is 0 Å². The van der Waals surface area contributed by atoms with Crippen molar-refractivity contribution in [2.24, 2.45) is 0 Å². The molecule has 0 aliphatic rings. The first-order valence-electron chi connectivity index (χ1n) is 8.68. The smallest absolute Gasteiger partial charge is 0.272 e. The van der Waals surface area contributed by atoms with Crippen LogP contribution in [0.1, 0.15) is 16.1 Å². The van der Waals surface area contributed by atoms with Gasteiger partial charge in [-0.15, -0.1) is 0 Å². The Morgan fingerprint density at radius 3 is 2.75 bits per heavy atom. The van der Waals surface area contributed by atoms with Gasteiger partial charge in [-0.2, -0.15) is 5.10 Å². The van der Waals surface area contributed by atoms with Crippen molar-refractivity contribution >= 4 is 28.4 Å². The van der Waals surface area contributed by atoms with Crippen molar-refractivity contribution in [2.75, 3.05) is 7.05 Å². The summed E-state index contributed by atoms with van der Waals surface area (Å²) in [5.41, 5.74) is 4.09. The molecule has 0 radical (unpaired) electrons. The van der Waals surface area contributed by atoms with E-state index in [1.165, 1.54) is 0 Å². The number of pyridine rings is 1. The van der Waals surface area contributed by atoms with Crippen LogP contribution in [-0.2, 0) is 0 Å². The molecule has 2 aromatic carbocycles. The van der Waals surface area contributed by atoms with E-state index in [1.807, 2.05) is 36.4 Å². The second-order valence-electron chi connectivity index (χ2n) is 6.44. The lowest BCUT2D eigenvalue weighted by Gasteiger charge is -2.10. The molecule has 6 nitrogen and oxygen atoms in total. The highest BCUT2D eigenvalue weighted by molar-refractivity contribution is 6.33. The fraction of sp³-hybridized carbons (Fsp3) is 0.0952. The van der Waals surface area contributed by atoms with Gasteiger partial charge in [0.25, 0.3) is 11.5 Å². The third kappa shape index (κ3) is 2.97. The van der Waals surface area contributed by atoms with Gasteiger partial charge in [0.2, 0.25) is 0 Å². The molecule has 1 amide bonds. The standard InChI is InChI=1S/C21H17ClN4O2/c1-12-4-3-9-26(21(12)28)14-6-8-15(17(22)11-14)13-5-7-16-18(10-13)24-25-19(16)20(27)23-2/h3-11H,1-2H3,(H,23,27)(H,24,25). The predicted octanol–water partition coefficient (Wildman–Crippen LogP) is 3.70. The van der Waals surface area contributed by atoms with Crippen LogP contribution in [0, 0.1) is 6.92 Å². The van der Waals surface area contributed by atoms with E-state index >= 15 is 0 Å². The van der Waals surface area contributed by atoms with Gasteiger partial charge < -0.3 is 5.32 Å². The number of nitrogens with one attached hydrogen (secondary N) is 2. The topological polar surface area (TPSA) is 79.8 Å². The van der Waals surface area contributed by atoms with Crippen LogP contribution in [0.25, 0.3) is 27.7 Å². The minimum Gasteiger partial charge on any atom is -0.354 e. The zero-order valence-electron chi connectivity index (χ0n) is 15.3. The maximum atomic E-state index is 12.3. The van der Waals surface area contributed by atoms with E-state index in [0.717, 1.165) is 22.0 Å². The van der Waals surface area contributed by atoms with Gasteiger partial charge in [0, 0.05) is 29.8 Å². The second-order valence-corrected chi connectivity index (χ2v) is 6.85. The van der Waals surface area contributed by atoms with Crippen molar-refractivity contribution in [1.29, 1.82) is 0 Å². The van der Waals surface area contributed by atoms with Crippen LogP contribution >= 0.6 is 11.6 Å². The van der Waals surface area contributed by atoms with Crippen LogP contribution in [0.15, 0.2) is 59.5 Å². The lowest BCUT2D eigenvalue weighted by atomic mass is 10.0. The summed E-state index contributed by atoms with van der Waals surface area (Å²) in [5.74, 6) is -0.245. The lowest BCUT2D eigenvalue weighted by Crippen LogP contribution is -2.19. The Bertz CT molecular complexity index is 1270. The summed E-state index contributed by atoms with van der Waals surface area (Å²) in [4.78, 5) is 24.2. The minimum atomic E-state index is -0.245. The van der Waals surface area contributed by atoms with Crippen LogP contribution in [0.4, 0.5) is 0 Å². The SMILES string of the molecule is CNC(=O)c1n[nH]c2cc(-c3ccc(-n4cccc(C)c4=O)cc3Cl)ccc12. The number of hydrogen-bond acceptors (Lipinski definition) is 3. The number of nitrogens with zero attached hydrogens (tertiary/aromatic N) is 2. The van der Waals surface area contributed by atoms with Gasteiger partial charge in [0.15, 0.2) is 5.69 Å². The minimum absolute atomic E-state index is 0.0769. The molecule has 0 spiro atoms. The molecule has 7 heteroatoms. The maximum absolute atomic E-state index is 12.3. The Hall–Kier alpha value is -3.38. The number of amides is 1. The first kappa shape index (κ1) is 18.0. The highest BCUT2D eigenvalue weighted by Gasteiger charge is 2.14. The van der Waals surface area contributed by atoms with Crippen LogP contribution in [-0.4, -0.2) is 27.7 Å². The van der Waals surface area contributed by atoms with Gasteiger partial charge in [-0.05, 0) is 42.8 Å². The van der Waals surface area contributed by atoms with Crippen molar-refractivity contribution in [2.45, 2.75) is 6.92 Å². The molecule has 4 rings (SSSR count). The summed E-state index contributed by atoms with van der Waals surface area (Å²) in [7, 11) is 1.57. The molecule has 0 saturated carbocycles. The Morgan fingerprint density at radius 1 is 1.18 bits per heavy atom. The van der Waals surface area contributed by atoms with Crippen molar-refractivity contribution < 1.29 is 4.79 Å². The molecule has 2 N–H and O–H groups in total. The van der Waals surface area contributed by atoms with Crippen molar-refractivity contribution in [3.05, 3.63) is 81.4 Å². The molecule has 0 atom stereocenters. The number of hydrogen-bond donors (Lipinski definition) is 2. The highest BCUT2D eigenvalue weighted by atomic mass is 35.5. The molecule has 0 saturated heterocycles. The number of aromatic amines is 1. The number of H-pyrrole nitrogens is 1. The molecular formula is C21H17ClN4O2. The largest absolute Gasteiger partial charge is 0.354 e. The molecule has 140 valence electrons. The monoisotopic (exact) mass is 392 g/mol. The van der Waals surface area contributed by atoms with E-state index in [-0.39, 0.29) is 11.5 Å². The van der Waals surface area contributed by atoms with Crippen LogP contribution in [0.2, 0.25) is 5.02 Å². The average Bonchev–Trinajstić information content (AvgIpc) is 3.12. The first-order valence-corrected chi connectivity index (χ1v) is 9.06. The predicted molar refractivity (Wildman–Crippen MR) is 110 cm³/mol. The zero-order chi connectivity index (χ0) is 19.8. The van der Waals surface area contributed by atoms with E-state index < -0.39 is 0 Å². The molecule has 2 heterocycles. The Labute approximate surface area is 165 Å². The highest BCUT2D eigenvalue weighted by Crippen LogP contribution is 2.32. The summed E-state index contributed by atoms with van der Waals surface area (Å²) in [6.07, 6.45) is 1.72. The Kier molecular flexibility index (Phi) is 4.49. The third-order valence-corrected chi connectivity index (χ3v) is 5.00. The van der Waals surface area contributed by atoms with E-state index in [4.69, 9.17) is 11.6 Å². The van der Waals surface area contributed by atoms with E-state index in [0.29, 0.717) is 22.0 Å². The van der Waals surface area contributed by atoms with E-state index in [9.17, 15) is 9.59 Å². The van der Waals surface area contributed by atoms with Crippen LogP contribution in [0.5, 0.6) is 0 Å². The summed E-state index contributed by atoms with van der Waals surface area (Å²) in [6.45, 7) is 1.78. The number of benzene rings is 2. The number of carbonyl (C=O) groups is 1. The number of fused-ring (bicyclic) bond motifs is 1. The number of carbonyl (C=O) groups excluding carboxylic acids is 1. The Morgan fingerprint density at radius 2 is 2.00 bits per heavy atom. The lowest BCUT2D eigenvalue weighted by molar-refractivity contribution is 0.0959. The van der Waals surface area contributed by atoms with Crippen molar-refractivity contribution in [3.63, 3.8) is 0 Å². The molecular weight excluding hydrogens is 376 g/mol. The molecule has 0 aliphatic carbocycles. The van der Waals surface area contributed by atoms with Crippen molar-refractivity contribution in [3.8, 4) is 16.8 Å². The number of rotatable bonds is 3. The van der Waals surface area contributed by atoms with E-state index in [2.05, 4.69) is 15.5 Å². The van der Waals surface area contributed by atoms with Gasteiger partial charge in [-0.3, -0.25) is 19.3 Å². The number of halogens is 1. The molecule has 0 aliphatic heterocycles. The van der Waals surface area contributed by atoms with Gasteiger partial charge in [0.1, 0.15) is 0 Å². The quantitative estimate of drug-likeness (QED) is 0.558. The van der Waals surface area contributed by atoms with Gasteiger partial charge >= 0.3 is 0 Å². The zero-order valence-corrected chi connectivity index (χ0v) is 16.0. The maximum Gasteiger partial charge on any atom is 0.272 e. The molecule has 28 heavy (non-hydrogen) atoms. The van der Waals surface area contributed by atoms with Crippen LogP contribution < -0.4 is 10.9 Å². The Balaban J connectivity index is 1.77. The fourth-order valence-electron chi connectivity index (χ4n) is 3.17. The normalized spacial score (nSPS) is 11.0. The summed E-state index contributed by atoms with van der Waals surface area (Å²) >= 11 is 6.53.